The first-order valence-electron chi connectivity index (χ1n) is 6.84. The lowest BCUT2D eigenvalue weighted by atomic mass is 10.1. The van der Waals surface area contributed by atoms with Gasteiger partial charge in [-0.2, -0.15) is 8.42 Å². The first-order chi connectivity index (χ1) is 10.6. The third kappa shape index (κ3) is 5.15. The van der Waals surface area contributed by atoms with Crippen LogP contribution in [-0.4, -0.2) is 37.7 Å². The Balaban J connectivity index is 2.13. The van der Waals surface area contributed by atoms with Crippen molar-refractivity contribution in [3.05, 3.63) is 29.3 Å². The molecular formula is C14H17ClO7S. The van der Waals surface area contributed by atoms with E-state index < -0.39 is 34.3 Å². The molecule has 0 spiro atoms. The van der Waals surface area contributed by atoms with E-state index in [1.807, 2.05) is 0 Å². The summed E-state index contributed by atoms with van der Waals surface area (Å²) in [5.41, 5.74) is 0. The number of hydrogen-bond donors (Lipinski definition) is 1. The van der Waals surface area contributed by atoms with E-state index in [9.17, 15) is 13.2 Å². The summed E-state index contributed by atoms with van der Waals surface area (Å²) in [7, 11) is -4.07. The van der Waals surface area contributed by atoms with Gasteiger partial charge in [-0.1, -0.05) is 11.6 Å². The topological polar surface area (TPSA) is 99.1 Å². The average molecular weight is 365 g/mol. The molecule has 1 fully saturated rings. The van der Waals surface area contributed by atoms with Gasteiger partial charge in [0.05, 0.1) is 17.4 Å². The van der Waals surface area contributed by atoms with E-state index in [1.165, 1.54) is 24.3 Å². The highest BCUT2D eigenvalue weighted by molar-refractivity contribution is 7.86. The maximum absolute atomic E-state index is 12.2. The standard InChI is InChI=1S/C14H17ClO7S/c1-14(2)20-10(7-12(16)17)8-13(21-14)22-23(18,19)11-5-3-9(15)4-6-11/h3-6,10,13H,7-8H2,1-2H3,(H,16,17). The quantitative estimate of drug-likeness (QED) is 0.800. The van der Waals surface area contributed by atoms with Crippen LogP contribution in [0.3, 0.4) is 0 Å². The largest absolute Gasteiger partial charge is 0.481 e. The fraction of sp³-hybridized carbons (Fsp3) is 0.500. The number of benzene rings is 1. The van der Waals surface area contributed by atoms with Crippen LogP contribution in [0.5, 0.6) is 0 Å². The molecule has 1 N–H and O–H groups in total. The van der Waals surface area contributed by atoms with Crippen molar-refractivity contribution in [2.24, 2.45) is 0 Å². The van der Waals surface area contributed by atoms with E-state index in [2.05, 4.69) is 0 Å². The lowest BCUT2D eigenvalue weighted by Gasteiger charge is -2.39. The lowest BCUT2D eigenvalue weighted by Crippen LogP contribution is -2.46. The van der Waals surface area contributed by atoms with E-state index in [0.29, 0.717) is 5.02 Å². The molecule has 2 rings (SSSR count). The van der Waals surface area contributed by atoms with E-state index in [-0.39, 0.29) is 17.7 Å². The van der Waals surface area contributed by atoms with Gasteiger partial charge in [-0.25, -0.2) is 4.18 Å². The van der Waals surface area contributed by atoms with Crippen LogP contribution >= 0.6 is 11.6 Å². The SMILES string of the molecule is CC1(C)OC(CC(=O)O)CC(OS(=O)(=O)c2ccc(Cl)cc2)O1. The Labute approximate surface area is 139 Å². The van der Waals surface area contributed by atoms with Gasteiger partial charge in [0.1, 0.15) is 0 Å². The molecule has 0 bridgehead atoms. The van der Waals surface area contributed by atoms with E-state index >= 15 is 0 Å². The molecule has 0 saturated carbocycles. The Hall–Kier alpha value is -1.19. The van der Waals surface area contributed by atoms with Crippen molar-refractivity contribution in [2.75, 3.05) is 0 Å². The zero-order chi connectivity index (χ0) is 17.3. The van der Waals surface area contributed by atoms with Crippen LogP contribution in [0.2, 0.25) is 5.02 Å². The van der Waals surface area contributed by atoms with Crippen molar-refractivity contribution in [1.82, 2.24) is 0 Å². The van der Waals surface area contributed by atoms with Crippen molar-refractivity contribution in [1.29, 1.82) is 0 Å². The van der Waals surface area contributed by atoms with Gasteiger partial charge < -0.3 is 14.6 Å². The van der Waals surface area contributed by atoms with Gasteiger partial charge in [0.2, 0.25) is 0 Å². The molecule has 1 saturated heterocycles. The van der Waals surface area contributed by atoms with Crippen molar-refractivity contribution >= 4 is 27.7 Å². The highest BCUT2D eigenvalue weighted by atomic mass is 35.5. The summed E-state index contributed by atoms with van der Waals surface area (Å²) >= 11 is 5.73. The van der Waals surface area contributed by atoms with E-state index in [1.54, 1.807) is 13.8 Å². The molecule has 1 aromatic rings. The molecule has 1 aliphatic heterocycles. The summed E-state index contributed by atoms with van der Waals surface area (Å²) < 4.78 is 40.5. The minimum absolute atomic E-state index is 0.0114. The summed E-state index contributed by atoms with van der Waals surface area (Å²) in [5, 5.41) is 9.26. The van der Waals surface area contributed by atoms with Crippen LogP contribution in [0.15, 0.2) is 29.2 Å². The number of rotatable bonds is 5. The van der Waals surface area contributed by atoms with Gasteiger partial charge in [0, 0.05) is 11.4 Å². The van der Waals surface area contributed by atoms with Crippen LogP contribution in [0.25, 0.3) is 0 Å². The van der Waals surface area contributed by atoms with Crippen molar-refractivity contribution in [2.45, 2.75) is 49.8 Å². The summed E-state index contributed by atoms with van der Waals surface area (Å²) in [6.07, 6.45) is -2.12. The van der Waals surface area contributed by atoms with Crippen LogP contribution in [0.1, 0.15) is 26.7 Å². The Bertz CT molecular complexity index is 669. The molecular weight excluding hydrogens is 348 g/mol. The fourth-order valence-corrected chi connectivity index (χ4v) is 3.34. The third-order valence-electron chi connectivity index (χ3n) is 3.06. The average Bonchev–Trinajstić information content (AvgIpc) is 2.35. The predicted molar refractivity (Wildman–Crippen MR) is 80.4 cm³/mol. The highest BCUT2D eigenvalue weighted by Crippen LogP contribution is 2.31. The fourth-order valence-electron chi connectivity index (χ4n) is 2.23. The third-order valence-corrected chi connectivity index (χ3v) is 4.63. The second-order valence-electron chi connectivity index (χ2n) is 5.52. The van der Waals surface area contributed by atoms with Gasteiger partial charge in [-0.05, 0) is 38.1 Å². The summed E-state index contributed by atoms with van der Waals surface area (Å²) in [5.74, 6) is -2.20. The second-order valence-corrected chi connectivity index (χ2v) is 7.53. The first kappa shape index (κ1) is 18.2. The predicted octanol–water partition coefficient (Wildman–Crippen LogP) is 2.39. The molecule has 0 amide bonds. The number of carboxylic acids is 1. The Morgan fingerprint density at radius 2 is 1.96 bits per heavy atom. The van der Waals surface area contributed by atoms with Crippen LogP contribution < -0.4 is 0 Å². The van der Waals surface area contributed by atoms with Crippen molar-refractivity contribution in [3.63, 3.8) is 0 Å². The van der Waals surface area contributed by atoms with E-state index in [4.69, 9.17) is 30.4 Å². The van der Waals surface area contributed by atoms with Gasteiger partial charge in [-0.3, -0.25) is 4.79 Å². The first-order valence-corrected chi connectivity index (χ1v) is 8.62. The number of aliphatic carboxylic acids is 1. The normalized spacial score (nSPS) is 24.3. The minimum atomic E-state index is -4.07. The molecule has 0 radical (unpaired) electrons. The zero-order valence-corrected chi connectivity index (χ0v) is 14.1. The molecule has 0 aliphatic carbocycles. The Morgan fingerprint density at radius 1 is 1.35 bits per heavy atom. The van der Waals surface area contributed by atoms with Crippen LogP contribution in [0.4, 0.5) is 0 Å². The van der Waals surface area contributed by atoms with Gasteiger partial charge in [0.15, 0.2) is 12.1 Å². The lowest BCUT2D eigenvalue weighted by molar-refractivity contribution is -0.333. The maximum atomic E-state index is 12.2. The van der Waals surface area contributed by atoms with Crippen LogP contribution in [-0.2, 0) is 28.6 Å². The monoisotopic (exact) mass is 364 g/mol. The Kier molecular flexibility index (Phi) is 5.32. The summed E-state index contributed by atoms with van der Waals surface area (Å²) in [6.45, 7) is 3.12. The number of carbonyl (C=O) groups is 1. The van der Waals surface area contributed by atoms with Crippen molar-refractivity contribution < 1.29 is 32.0 Å². The van der Waals surface area contributed by atoms with Crippen molar-refractivity contribution in [3.8, 4) is 0 Å². The second kappa shape index (κ2) is 6.74. The number of halogens is 1. The molecule has 1 aromatic carbocycles. The molecule has 128 valence electrons. The summed E-state index contributed by atoms with van der Waals surface area (Å²) in [6, 6.07) is 5.49. The Morgan fingerprint density at radius 3 is 2.52 bits per heavy atom. The molecule has 2 atom stereocenters. The molecule has 23 heavy (non-hydrogen) atoms. The van der Waals surface area contributed by atoms with Gasteiger partial charge in [0.25, 0.3) is 10.1 Å². The molecule has 9 heteroatoms. The molecule has 1 aliphatic rings. The molecule has 0 aromatic heterocycles. The maximum Gasteiger partial charge on any atom is 0.305 e. The van der Waals surface area contributed by atoms with Gasteiger partial charge in [-0.15, -0.1) is 0 Å². The number of carboxylic acid groups (broad SMARTS) is 1. The van der Waals surface area contributed by atoms with Crippen LogP contribution in [0, 0.1) is 0 Å². The van der Waals surface area contributed by atoms with E-state index in [0.717, 1.165) is 0 Å². The summed E-state index contributed by atoms with van der Waals surface area (Å²) in [4.78, 5) is 10.8. The van der Waals surface area contributed by atoms with Gasteiger partial charge >= 0.3 is 5.97 Å². The molecule has 2 unspecified atom stereocenters. The smallest absolute Gasteiger partial charge is 0.305 e. The number of ether oxygens (including phenoxy) is 2. The molecule has 7 nitrogen and oxygen atoms in total. The number of hydrogen-bond acceptors (Lipinski definition) is 6. The minimum Gasteiger partial charge on any atom is -0.481 e. The highest BCUT2D eigenvalue weighted by Gasteiger charge is 2.39. The molecule has 1 heterocycles. The zero-order valence-electron chi connectivity index (χ0n) is 12.6.